The molecule has 2 aromatic rings. The first kappa shape index (κ1) is 14.4. The SMILES string of the molecule is N#Cc1ccc(Cl)cc1NC(=O)Cc1cccc(Cl)c1. The summed E-state index contributed by atoms with van der Waals surface area (Å²) < 4.78 is 0. The number of hydrogen-bond acceptors (Lipinski definition) is 2. The molecule has 0 atom stereocenters. The van der Waals surface area contributed by atoms with E-state index in [4.69, 9.17) is 28.5 Å². The van der Waals surface area contributed by atoms with Crippen molar-refractivity contribution >= 4 is 34.8 Å². The fourth-order valence-corrected chi connectivity index (χ4v) is 2.13. The van der Waals surface area contributed by atoms with Crippen molar-refractivity contribution in [1.82, 2.24) is 0 Å². The van der Waals surface area contributed by atoms with Crippen LogP contribution in [0.15, 0.2) is 42.5 Å². The zero-order chi connectivity index (χ0) is 14.5. The number of rotatable bonds is 3. The Kier molecular flexibility index (Phi) is 4.62. The van der Waals surface area contributed by atoms with Crippen LogP contribution in [0.4, 0.5) is 5.69 Å². The molecule has 3 nitrogen and oxygen atoms in total. The van der Waals surface area contributed by atoms with Gasteiger partial charge in [0.05, 0.1) is 17.7 Å². The van der Waals surface area contributed by atoms with Crippen LogP contribution in [0.1, 0.15) is 11.1 Å². The summed E-state index contributed by atoms with van der Waals surface area (Å²) in [5, 5.41) is 12.7. The summed E-state index contributed by atoms with van der Waals surface area (Å²) in [6.07, 6.45) is 0.179. The summed E-state index contributed by atoms with van der Waals surface area (Å²) >= 11 is 11.7. The highest BCUT2D eigenvalue weighted by Crippen LogP contribution is 2.20. The van der Waals surface area contributed by atoms with E-state index in [1.165, 1.54) is 0 Å². The van der Waals surface area contributed by atoms with Crippen LogP contribution in [0.5, 0.6) is 0 Å². The van der Waals surface area contributed by atoms with Crippen molar-refractivity contribution in [2.75, 3.05) is 5.32 Å². The fourth-order valence-electron chi connectivity index (χ4n) is 1.74. The Labute approximate surface area is 126 Å². The first-order valence-corrected chi connectivity index (χ1v) is 6.58. The molecule has 0 fully saturated rings. The van der Waals surface area contributed by atoms with Gasteiger partial charge in [0.15, 0.2) is 0 Å². The molecule has 0 radical (unpaired) electrons. The molecule has 100 valence electrons. The zero-order valence-corrected chi connectivity index (χ0v) is 11.9. The van der Waals surface area contributed by atoms with E-state index in [-0.39, 0.29) is 12.3 Å². The molecule has 0 bridgehead atoms. The standard InChI is InChI=1S/C15H10Cl2N2O/c16-12-3-1-2-10(6-12)7-15(20)19-14-8-13(17)5-4-11(14)9-18/h1-6,8H,7H2,(H,19,20). The molecule has 0 unspecified atom stereocenters. The monoisotopic (exact) mass is 304 g/mol. The number of hydrogen-bond donors (Lipinski definition) is 1. The van der Waals surface area contributed by atoms with E-state index in [0.29, 0.717) is 21.3 Å². The second-order valence-electron chi connectivity index (χ2n) is 4.16. The normalized spacial score (nSPS) is 9.85. The molecular weight excluding hydrogens is 295 g/mol. The number of nitrogens with zero attached hydrogens (tertiary/aromatic N) is 1. The number of carbonyl (C=O) groups is 1. The van der Waals surface area contributed by atoms with E-state index in [1.807, 2.05) is 12.1 Å². The van der Waals surface area contributed by atoms with Gasteiger partial charge in [0.1, 0.15) is 6.07 Å². The molecule has 0 saturated heterocycles. The second kappa shape index (κ2) is 6.42. The number of benzene rings is 2. The van der Waals surface area contributed by atoms with Crippen molar-refractivity contribution < 1.29 is 4.79 Å². The van der Waals surface area contributed by atoms with Crippen LogP contribution in [0, 0.1) is 11.3 Å². The maximum Gasteiger partial charge on any atom is 0.228 e. The van der Waals surface area contributed by atoms with Crippen molar-refractivity contribution in [3.05, 3.63) is 63.6 Å². The van der Waals surface area contributed by atoms with Gasteiger partial charge in [-0.05, 0) is 35.9 Å². The Morgan fingerprint density at radius 3 is 2.60 bits per heavy atom. The maximum atomic E-state index is 12.0. The number of halogens is 2. The Bertz CT molecular complexity index is 693. The van der Waals surface area contributed by atoms with E-state index in [9.17, 15) is 4.79 Å². The molecule has 2 aromatic carbocycles. The minimum Gasteiger partial charge on any atom is -0.325 e. The molecule has 0 heterocycles. The Hall–Kier alpha value is -2.02. The number of amides is 1. The van der Waals surface area contributed by atoms with Gasteiger partial charge in [-0.1, -0.05) is 35.3 Å². The van der Waals surface area contributed by atoms with Crippen LogP contribution in [-0.4, -0.2) is 5.91 Å². The third-order valence-corrected chi connectivity index (χ3v) is 3.10. The predicted octanol–water partition coefficient (Wildman–Crippen LogP) is 4.05. The second-order valence-corrected chi connectivity index (χ2v) is 5.03. The van der Waals surface area contributed by atoms with Crippen LogP contribution in [0.2, 0.25) is 10.0 Å². The third kappa shape index (κ3) is 3.74. The predicted molar refractivity (Wildman–Crippen MR) is 80.0 cm³/mol. The summed E-state index contributed by atoms with van der Waals surface area (Å²) in [5.41, 5.74) is 1.58. The molecule has 0 aliphatic carbocycles. The van der Waals surface area contributed by atoms with Crippen LogP contribution in [0.25, 0.3) is 0 Å². The Balaban J connectivity index is 2.13. The summed E-state index contributed by atoms with van der Waals surface area (Å²) in [4.78, 5) is 12.0. The van der Waals surface area contributed by atoms with Crippen LogP contribution in [0.3, 0.4) is 0 Å². The van der Waals surface area contributed by atoms with E-state index >= 15 is 0 Å². The lowest BCUT2D eigenvalue weighted by Gasteiger charge is -2.07. The molecule has 0 aliphatic rings. The summed E-state index contributed by atoms with van der Waals surface area (Å²) in [6, 6.07) is 13.8. The van der Waals surface area contributed by atoms with Gasteiger partial charge in [0, 0.05) is 10.0 Å². The molecule has 0 aliphatic heterocycles. The minimum atomic E-state index is -0.231. The molecule has 2 rings (SSSR count). The molecule has 5 heteroatoms. The highest BCUT2D eigenvalue weighted by atomic mass is 35.5. The quantitative estimate of drug-likeness (QED) is 0.930. The van der Waals surface area contributed by atoms with Crippen molar-refractivity contribution in [3.63, 3.8) is 0 Å². The zero-order valence-electron chi connectivity index (χ0n) is 10.4. The Morgan fingerprint density at radius 1 is 1.15 bits per heavy atom. The van der Waals surface area contributed by atoms with Gasteiger partial charge in [-0.3, -0.25) is 4.79 Å². The van der Waals surface area contributed by atoms with E-state index in [1.54, 1.807) is 36.4 Å². The van der Waals surface area contributed by atoms with Gasteiger partial charge >= 0.3 is 0 Å². The topological polar surface area (TPSA) is 52.9 Å². The van der Waals surface area contributed by atoms with Crippen molar-refractivity contribution in [3.8, 4) is 6.07 Å². The smallest absolute Gasteiger partial charge is 0.228 e. The summed E-state index contributed by atoms with van der Waals surface area (Å²) in [7, 11) is 0. The van der Waals surface area contributed by atoms with Crippen molar-refractivity contribution in [2.45, 2.75) is 6.42 Å². The summed E-state index contributed by atoms with van der Waals surface area (Å²) in [5.74, 6) is -0.231. The number of nitriles is 1. The highest BCUT2D eigenvalue weighted by Gasteiger charge is 2.08. The van der Waals surface area contributed by atoms with Crippen molar-refractivity contribution in [2.24, 2.45) is 0 Å². The Morgan fingerprint density at radius 2 is 1.90 bits per heavy atom. The minimum absolute atomic E-state index is 0.179. The number of nitrogens with one attached hydrogen (secondary N) is 1. The van der Waals surface area contributed by atoms with Gasteiger partial charge in [0.2, 0.25) is 5.91 Å². The summed E-state index contributed by atoms with van der Waals surface area (Å²) in [6.45, 7) is 0. The molecule has 0 spiro atoms. The lowest BCUT2D eigenvalue weighted by molar-refractivity contribution is -0.115. The van der Waals surface area contributed by atoms with Gasteiger partial charge in [-0.2, -0.15) is 5.26 Å². The molecular formula is C15H10Cl2N2O. The lowest BCUT2D eigenvalue weighted by atomic mass is 10.1. The molecule has 1 amide bonds. The molecule has 1 N–H and O–H groups in total. The fraction of sp³-hybridized carbons (Fsp3) is 0.0667. The van der Waals surface area contributed by atoms with Gasteiger partial charge < -0.3 is 5.32 Å². The van der Waals surface area contributed by atoms with E-state index in [0.717, 1.165) is 5.56 Å². The van der Waals surface area contributed by atoms with Gasteiger partial charge in [0.25, 0.3) is 0 Å². The number of carbonyl (C=O) groups excluding carboxylic acids is 1. The lowest BCUT2D eigenvalue weighted by Crippen LogP contribution is -2.15. The molecule has 0 saturated carbocycles. The largest absolute Gasteiger partial charge is 0.325 e. The van der Waals surface area contributed by atoms with Crippen molar-refractivity contribution in [1.29, 1.82) is 5.26 Å². The van der Waals surface area contributed by atoms with Gasteiger partial charge in [-0.15, -0.1) is 0 Å². The van der Waals surface area contributed by atoms with Gasteiger partial charge in [-0.25, -0.2) is 0 Å². The van der Waals surface area contributed by atoms with Crippen LogP contribution >= 0.6 is 23.2 Å². The van der Waals surface area contributed by atoms with E-state index < -0.39 is 0 Å². The average Bonchev–Trinajstić information content (AvgIpc) is 2.38. The van der Waals surface area contributed by atoms with Crippen LogP contribution < -0.4 is 5.32 Å². The maximum absolute atomic E-state index is 12.0. The van der Waals surface area contributed by atoms with Crippen LogP contribution in [-0.2, 0) is 11.2 Å². The first-order valence-electron chi connectivity index (χ1n) is 5.82. The average molecular weight is 305 g/mol. The molecule has 20 heavy (non-hydrogen) atoms. The third-order valence-electron chi connectivity index (χ3n) is 2.63. The number of anilines is 1. The highest BCUT2D eigenvalue weighted by molar-refractivity contribution is 6.31. The molecule has 0 aromatic heterocycles. The first-order chi connectivity index (χ1) is 9.58. The van der Waals surface area contributed by atoms with E-state index in [2.05, 4.69) is 5.32 Å².